The third-order valence-electron chi connectivity index (χ3n) is 6.57. The molecule has 2 aliphatic rings. The van der Waals surface area contributed by atoms with E-state index in [2.05, 4.69) is 82.0 Å². The minimum atomic E-state index is -0.342. The van der Waals surface area contributed by atoms with E-state index in [1.54, 1.807) is 5.54 Å². The van der Waals surface area contributed by atoms with Crippen LogP contribution >= 0.6 is 27.5 Å². The molecule has 2 aromatic rings. The third kappa shape index (κ3) is 4.60. The molecule has 0 N–H and O–H groups in total. The molecule has 0 radical (unpaired) electrons. The molecule has 0 bridgehead atoms. The van der Waals surface area contributed by atoms with Gasteiger partial charge in [0.15, 0.2) is 5.76 Å². The Bertz CT molecular complexity index is 937. The number of halogens is 3. The smallest absolute Gasteiger partial charge is 0.376 e. The maximum atomic E-state index is 6.63. The lowest BCUT2D eigenvalue weighted by atomic mass is 9.75. The second-order valence-corrected chi connectivity index (χ2v) is 9.50. The average molecular weight is 523 g/mol. The van der Waals surface area contributed by atoms with Gasteiger partial charge in [0.2, 0.25) is 0 Å². The molecule has 2 aromatic carbocycles. The van der Waals surface area contributed by atoms with Gasteiger partial charge in [0.1, 0.15) is 6.54 Å². The summed E-state index contributed by atoms with van der Waals surface area (Å²) in [6.45, 7) is 3.21. The van der Waals surface area contributed by atoms with Gasteiger partial charge in [0.05, 0.1) is 11.1 Å². The first-order chi connectivity index (χ1) is 14.7. The fraction of sp³-hybridized carbons (Fsp3) is 0.423. The van der Waals surface area contributed by atoms with E-state index in [-0.39, 0.29) is 17.9 Å². The number of nitrogens with zero attached hydrogens (tertiary/aromatic N) is 1. The third-order valence-corrected chi connectivity index (χ3v) is 7.26. The molecule has 4 rings (SSSR count). The van der Waals surface area contributed by atoms with Crippen molar-refractivity contribution in [1.29, 1.82) is 0 Å². The van der Waals surface area contributed by atoms with Crippen molar-refractivity contribution in [2.75, 3.05) is 6.54 Å². The summed E-state index contributed by atoms with van der Waals surface area (Å²) in [5.74, 6) is 2.28. The molecule has 5 heteroatoms. The molecule has 2 nitrogen and oxygen atoms in total. The number of benzene rings is 2. The summed E-state index contributed by atoms with van der Waals surface area (Å²) in [6, 6.07) is 19.3. The molecule has 1 aliphatic carbocycles. The first kappa shape index (κ1) is 24.4. The number of ether oxygens (including phenoxy) is 1. The quantitative estimate of drug-likeness (QED) is 0.382. The zero-order valence-corrected chi connectivity index (χ0v) is 21.1. The minimum Gasteiger partial charge on any atom is -1.00 e. The van der Waals surface area contributed by atoms with Crippen LogP contribution in [0.5, 0.6) is 0 Å². The molecule has 1 saturated carbocycles. The molecule has 0 aromatic heterocycles. The predicted octanol–water partition coefficient (Wildman–Crippen LogP) is 4.60. The summed E-state index contributed by atoms with van der Waals surface area (Å²) in [6.07, 6.45) is 8.46. The van der Waals surface area contributed by atoms with Crippen LogP contribution in [0.3, 0.4) is 0 Å². The van der Waals surface area contributed by atoms with Gasteiger partial charge in [-0.15, -0.1) is 0 Å². The number of hydrogen-bond acceptors (Lipinski definition) is 1. The molecule has 0 spiro atoms. The Morgan fingerprint density at radius 1 is 1.10 bits per heavy atom. The molecule has 31 heavy (non-hydrogen) atoms. The normalized spacial score (nSPS) is 22.6. The summed E-state index contributed by atoms with van der Waals surface area (Å²) in [4.78, 5) is 0. The van der Waals surface area contributed by atoms with Crippen LogP contribution < -0.4 is 12.4 Å². The Hall–Kier alpha value is -1.29. The second kappa shape index (κ2) is 11.0. The van der Waals surface area contributed by atoms with Crippen molar-refractivity contribution in [1.82, 2.24) is 0 Å². The highest BCUT2D eigenvalue weighted by Crippen LogP contribution is 2.51. The Morgan fingerprint density at radius 3 is 2.48 bits per heavy atom. The van der Waals surface area contributed by atoms with Crippen LogP contribution in [0.2, 0.25) is 0 Å². The molecule has 1 unspecified atom stereocenters. The predicted molar refractivity (Wildman–Crippen MR) is 128 cm³/mol. The Balaban J connectivity index is 0.00000272. The van der Waals surface area contributed by atoms with E-state index in [4.69, 9.17) is 16.3 Å². The molecular formula is C26H30BrCl2NO. The molecule has 1 atom stereocenters. The van der Waals surface area contributed by atoms with Gasteiger partial charge < -0.3 is 17.1 Å². The lowest BCUT2D eigenvalue weighted by Gasteiger charge is -2.32. The van der Waals surface area contributed by atoms with Crippen LogP contribution in [-0.2, 0) is 10.3 Å². The van der Waals surface area contributed by atoms with E-state index in [1.807, 2.05) is 0 Å². The highest BCUT2D eigenvalue weighted by molar-refractivity contribution is 9.10. The molecule has 0 saturated heterocycles. The lowest BCUT2D eigenvalue weighted by Crippen LogP contribution is -3.00. The Labute approximate surface area is 205 Å². The van der Waals surface area contributed by atoms with E-state index in [1.165, 1.54) is 44.1 Å². The van der Waals surface area contributed by atoms with Gasteiger partial charge in [0, 0.05) is 22.4 Å². The summed E-state index contributed by atoms with van der Waals surface area (Å²) in [5.41, 5.74) is 3.71. The van der Waals surface area contributed by atoms with E-state index in [0.717, 1.165) is 34.7 Å². The fourth-order valence-electron chi connectivity index (χ4n) is 5.26. The van der Waals surface area contributed by atoms with Gasteiger partial charge >= 0.3 is 5.90 Å². The molecule has 1 aliphatic heterocycles. The molecule has 166 valence electrons. The summed E-state index contributed by atoms with van der Waals surface area (Å²) in [7, 11) is 0. The second-order valence-electron chi connectivity index (χ2n) is 8.36. The van der Waals surface area contributed by atoms with Gasteiger partial charge in [-0.3, -0.25) is 0 Å². The molecule has 1 fully saturated rings. The Kier molecular flexibility index (Phi) is 8.66. The topological polar surface area (TPSA) is 12.2 Å². The van der Waals surface area contributed by atoms with Gasteiger partial charge in [-0.2, -0.15) is 4.58 Å². The van der Waals surface area contributed by atoms with Gasteiger partial charge in [0.25, 0.3) is 5.54 Å². The highest BCUT2D eigenvalue weighted by Gasteiger charge is 2.61. The van der Waals surface area contributed by atoms with Crippen molar-refractivity contribution >= 4 is 33.4 Å². The summed E-state index contributed by atoms with van der Waals surface area (Å²) >= 11 is 10.1. The SMILES string of the molecule is CCCCC[N+]1=C(c2cccc(Br)c2)OC(=CCl)C1(c1ccccc1)C1CCCC1.[Cl-]. The highest BCUT2D eigenvalue weighted by atomic mass is 79.9. The Morgan fingerprint density at radius 2 is 1.84 bits per heavy atom. The molecule has 0 amide bonds. The number of unbranched alkanes of at least 4 members (excludes halogenated alkanes) is 2. The monoisotopic (exact) mass is 521 g/mol. The maximum Gasteiger partial charge on any atom is 0.376 e. The zero-order chi connectivity index (χ0) is 21.0. The maximum absolute atomic E-state index is 6.63. The van der Waals surface area contributed by atoms with Crippen molar-refractivity contribution in [2.24, 2.45) is 5.92 Å². The van der Waals surface area contributed by atoms with E-state index < -0.39 is 0 Å². The zero-order valence-electron chi connectivity index (χ0n) is 18.0. The van der Waals surface area contributed by atoms with Crippen molar-refractivity contribution in [3.8, 4) is 0 Å². The summed E-state index contributed by atoms with van der Waals surface area (Å²) in [5, 5.41) is 0. The molecular weight excluding hydrogens is 493 g/mol. The lowest BCUT2D eigenvalue weighted by molar-refractivity contribution is -0.611. The van der Waals surface area contributed by atoms with Crippen LogP contribution in [0.4, 0.5) is 0 Å². The summed E-state index contributed by atoms with van der Waals surface area (Å²) < 4.78 is 10.2. The van der Waals surface area contributed by atoms with Crippen LogP contribution in [0.25, 0.3) is 0 Å². The van der Waals surface area contributed by atoms with Crippen LogP contribution in [0, 0.1) is 5.92 Å². The van der Waals surface area contributed by atoms with E-state index in [9.17, 15) is 0 Å². The van der Waals surface area contributed by atoms with Crippen LogP contribution in [0.15, 0.2) is 70.4 Å². The van der Waals surface area contributed by atoms with E-state index >= 15 is 0 Å². The van der Waals surface area contributed by atoms with Crippen molar-refractivity contribution < 1.29 is 21.7 Å². The first-order valence-electron chi connectivity index (χ1n) is 11.2. The number of rotatable bonds is 7. The van der Waals surface area contributed by atoms with Gasteiger partial charge in [-0.1, -0.05) is 90.1 Å². The van der Waals surface area contributed by atoms with Gasteiger partial charge in [-0.25, -0.2) is 0 Å². The van der Waals surface area contributed by atoms with Crippen LogP contribution in [-0.4, -0.2) is 17.0 Å². The molecule has 1 heterocycles. The van der Waals surface area contributed by atoms with E-state index in [0.29, 0.717) is 5.92 Å². The van der Waals surface area contributed by atoms with Crippen molar-refractivity contribution in [3.05, 3.63) is 81.5 Å². The fourth-order valence-corrected chi connectivity index (χ4v) is 5.87. The van der Waals surface area contributed by atoms with Crippen molar-refractivity contribution in [2.45, 2.75) is 57.4 Å². The van der Waals surface area contributed by atoms with Crippen molar-refractivity contribution in [3.63, 3.8) is 0 Å². The number of hydrogen-bond donors (Lipinski definition) is 0. The average Bonchev–Trinajstić information content (AvgIpc) is 3.41. The largest absolute Gasteiger partial charge is 1.00 e. The minimum absolute atomic E-state index is 0. The van der Waals surface area contributed by atoms with Gasteiger partial charge in [-0.05, 0) is 37.5 Å². The standard InChI is InChI=1S/C26H30BrClNO.ClH/c1-2-3-9-17-29-25(20-11-10-16-23(27)18-20)30-24(19-28)26(29,22-14-7-8-15-22)21-12-5-4-6-13-21;/h4-6,10-13,16,18-19,22H,2-3,7-9,14-15,17H2,1H3;1H/q+1;/p-1. The van der Waals surface area contributed by atoms with Crippen LogP contribution in [0.1, 0.15) is 63.0 Å². The first-order valence-corrected chi connectivity index (χ1v) is 12.4.